The smallest absolute Gasteiger partial charge is 0.246 e. The molecule has 0 saturated carbocycles. The maximum Gasteiger partial charge on any atom is 0.246 e. The predicted molar refractivity (Wildman–Crippen MR) is 95.5 cm³/mol. The molecule has 0 spiro atoms. The van der Waals surface area contributed by atoms with Crippen molar-refractivity contribution in [2.24, 2.45) is 0 Å². The van der Waals surface area contributed by atoms with Gasteiger partial charge in [-0.2, -0.15) is 0 Å². The normalized spacial score (nSPS) is 11.2. The second kappa shape index (κ2) is 9.31. The number of nitrogens with one attached hydrogen (secondary N) is 2. The van der Waals surface area contributed by atoms with Crippen LogP contribution in [0.4, 0.5) is 0 Å². The third-order valence-corrected chi connectivity index (χ3v) is 4.89. The Kier molecular flexibility index (Phi) is 7.12. The van der Waals surface area contributed by atoms with Crippen LogP contribution in [0.15, 0.2) is 59.5 Å². The van der Waals surface area contributed by atoms with E-state index in [4.69, 9.17) is 4.74 Å². The van der Waals surface area contributed by atoms with Crippen LogP contribution in [0.5, 0.6) is 0 Å². The van der Waals surface area contributed by atoms with Crippen LogP contribution in [-0.2, 0) is 26.2 Å². The topological polar surface area (TPSA) is 84.5 Å². The highest BCUT2D eigenvalue weighted by molar-refractivity contribution is 7.89. The van der Waals surface area contributed by atoms with E-state index in [2.05, 4.69) is 10.0 Å². The molecule has 0 bridgehead atoms. The first-order chi connectivity index (χ1) is 12.0. The Morgan fingerprint density at radius 1 is 1.00 bits per heavy atom. The van der Waals surface area contributed by atoms with Gasteiger partial charge in [0.05, 0.1) is 11.5 Å². The highest BCUT2D eigenvalue weighted by Crippen LogP contribution is 2.09. The van der Waals surface area contributed by atoms with Crippen LogP contribution in [-0.4, -0.2) is 34.0 Å². The van der Waals surface area contributed by atoms with E-state index in [1.807, 2.05) is 37.3 Å². The molecule has 0 atom stereocenters. The van der Waals surface area contributed by atoms with Crippen molar-refractivity contribution in [3.05, 3.63) is 65.7 Å². The van der Waals surface area contributed by atoms with Crippen molar-refractivity contribution < 1.29 is 17.9 Å². The Balaban J connectivity index is 1.65. The molecule has 134 valence electrons. The summed E-state index contributed by atoms with van der Waals surface area (Å²) in [6, 6.07) is 16.1. The second-order valence-corrected chi connectivity index (χ2v) is 7.31. The first-order valence-electron chi connectivity index (χ1n) is 7.92. The number of aryl methyl sites for hydroxylation is 1. The Bertz CT molecular complexity index is 774. The molecule has 0 aliphatic carbocycles. The molecule has 0 saturated heterocycles. The third-order valence-electron chi connectivity index (χ3n) is 3.42. The molecule has 2 rings (SSSR count). The molecule has 0 fully saturated rings. The number of benzene rings is 2. The van der Waals surface area contributed by atoms with Gasteiger partial charge in [-0.3, -0.25) is 4.79 Å². The lowest BCUT2D eigenvalue weighted by atomic mass is 10.2. The Morgan fingerprint density at radius 3 is 2.36 bits per heavy atom. The Morgan fingerprint density at radius 2 is 1.68 bits per heavy atom. The summed E-state index contributed by atoms with van der Waals surface area (Å²) < 4.78 is 31.9. The molecule has 7 heteroatoms. The Labute approximate surface area is 148 Å². The van der Waals surface area contributed by atoms with Gasteiger partial charge in [0.2, 0.25) is 15.9 Å². The van der Waals surface area contributed by atoms with Crippen LogP contribution in [0.25, 0.3) is 0 Å². The molecule has 25 heavy (non-hydrogen) atoms. The monoisotopic (exact) mass is 362 g/mol. The van der Waals surface area contributed by atoms with Gasteiger partial charge in [-0.25, -0.2) is 13.1 Å². The average molecular weight is 362 g/mol. The number of carbonyl (C=O) groups is 1. The number of amides is 1. The van der Waals surface area contributed by atoms with Crippen molar-refractivity contribution in [2.45, 2.75) is 18.4 Å². The SMILES string of the molecule is Cc1ccc(S(=O)(=O)NCCNC(=O)COCc2ccccc2)cc1. The number of sulfonamides is 1. The standard InChI is InChI=1S/C18H22N2O4S/c1-15-7-9-17(10-8-15)25(22,23)20-12-11-19-18(21)14-24-13-16-5-3-2-4-6-16/h2-10,20H,11-14H2,1H3,(H,19,21). The van der Waals surface area contributed by atoms with Crippen LogP contribution in [0.1, 0.15) is 11.1 Å². The van der Waals surface area contributed by atoms with E-state index in [0.717, 1.165) is 11.1 Å². The van der Waals surface area contributed by atoms with E-state index >= 15 is 0 Å². The summed E-state index contributed by atoms with van der Waals surface area (Å²) in [5.41, 5.74) is 1.97. The number of rotatable bonds is 9. The van der Waals surface area contributed by atoms with Crippen molar-refractivity contribution in [2.75, 3.05) is 19.7 Å². The quantitative estimate of drug-likeness (QED) is 0.664. The van der Waals surface area contributed by atoms with Gasteiger partial charge in [-0.15, -0.1) is 0 Å². The molecular formula is C18H22N2O4S. The molecule has 6 nitrogen and oxygen atoms in total. The number of carbonyl (C=O) groups excluding carboxylic acids is 1. The third kappa shape index (κ3) is 6.66. The molecule has 0 aliphatic heterocycles. The summed E-state index contributed by atoms with van der Waals surface area (Å²) >= 11 is 0. The molecule has 0 aliphatic rings. The highest BCUT2D eigenvalue weighted by atomic mass is 32.2. The van der Waals surface area contributed by atoms with Gasteiger partial charge in [0.1, 0.15) is 6.61 Å². The van der Waals surface area contributed by atoms with Crippen molar-refractivity contribution in [1.82, 2.24) is 10.0 Å². The fraction of sp³-hybridized carbons (Fsp3) is 0.278. The molecule has 0 aromatic heterocycles. The fourth-order valence-corrected chi connectivity index (χ4v) is 3.11. The van der Waals surface area contributed by atoms with Crippen LogP contribution >= 0.6 is 0 Å². The largest absolute Gasteiger partial charge is 0.367 e. The van der Waals surface area contributed by atoms with Crippen molar-refractivity contribution in [3.63, 3.8) is 0 Å². The van der Waals surface area contributed by atoms with Gasteiger partial charge in [0.15, 0.2) is 0 Å². The van der Waals surface area contributed by atoms with Crippen molar-refractivity contribution in [3.8, 4) is 0 Å². The van der Waals surface area contributed by atoms with Gasteiger partial charge >= 0.3 is 0 Å². The first kappa shape index (κ1) is 19.1. The maximum atomic E-state index is 12.1. The van der Waals surface area contributed by atoms with Crippen molar-refractivity contribution in [1.29, 1.82) is 0 Å². The molecule has 0 radical (unpaired) electrons. The number of ether oxygens (including phenoxy) is 1. The van der Waals surface area contributed by atoms with Gasteiger partial charge in [0.25, 0.3) is 0 Å². The zero-order valence-electron chi connectivity index (χ0n) is 14.1. The zero-order chi connectivity index (χ0) is 18.1. The van der Waals surface area contributed by atoms with E-state index in [1.165, 1.54) is 0 Å². The van der Waals surface area contributed by atoms with Crippen LogP contribution in [0.3, 0.4) is 0 Å². The molecule has 2 aromatic carbocycles. The molecule has 2 aromatic rings. The van der Waals surface area contributed by atoms with E-state index in [9.17, 15) is 13.2 Å². The molecular weight excluding hydrogens is 340 g/mol. The van der Waals surface area contributed by atoms with E-state index in [1.54, 1.807) is 24.3 Å². The lowest BCUT2D eigenvalue weighted by molar-refractivity contribution is -0.126. The minimum atomic E-state index is -3.56. The highest BCUT2D eigenvalue weighted by Gasteiger charge is 2.12. The maximum absolute atomic E-state index is 12.1. The predicted octanol–water partition coefficient (Wildman–Crippen LogP) is 1.61. The summed E-state index contributed by atoms with van der Waals surface area (Å²) in [7, 11) is -3.56. The molecule has 0 unspecified atom stereocenters. The first-order valence-corrected chi connectivity index (χ1v) is 9.40. The summed E-state index contributed by atoms with van der Waals surface area (Å²) in [5, 5.41) is 2.61. The fourth-order valence-electron chi connectivity index (χ4n) is 2.07. The Hall–Kier alpha value is -2.22. The van der Waals surface area contributed by atoms with E-state index < -0.39 is 10.0 Å². The zero-order valence-corrected chi connectivity index (χ0v) is 14.9. The van der Waals surface area contributed by atoms with Gasteiger partial charge in [-0.1, -0.05) is 48.0 Å². The number of hydrogen-bond acceptors (Lipinski definition) is 4. The number of hydrogen-bond donors (Lipinski definition) is 2. The van der Waals surface area contributed by atoms with Crippen LogP contribution in [0.2, 0.25) is 0 Å². The average Bonchev–Trinajstić information content (AvgIpc) is 2.60. The van der Waals surface area contributed by atoms with Gasteiger partial charge in [0, 0.05) is 13.1 Å². The van der Waals surface area contributed by atoms with Crippen LogP contribution < -0.4 is 10.0 Å². The summed E-state index contributed by atoms with van der Waals surface area (Å²) in [5.74, 6) is -0.287. The minimum Gasteiger partial charge on any atom is -0.367 e. The van der Waals surface area contributed by atoms with Crippen molar-refractivity contribution >= 4 is 15.9 Å². The minimum absolute atomic E-state index is 0.0698. The summed E-state index contributed by atoms with van der Waals surface area (Å²) in [6.45, 7) is 2.48. The van der Waals surface area contributed by atoms with Crippen LogP contribution in [0, 0.1) is 6.92 Å². The van der Waals surface area contributed by atoms with E-state index in [-0.39, 0.29) is 30.5 Å². The molecule has 0 heterocycles. The second-order valence-electron chi connectivity index (χ2n) is 5.54. The van der Waals surface area contributed by atoms with Gasteiger partial charge < -0.3 is 10.1 Å². The molecule has 1 amide bonds. The van der Waals surface area contributed by atoms with E-state index in [0.29, 0.717) is 6.61 Å². The lowest BCUT2D eigenvalue weighted by Gasteiger charge is -2.09. The van der Waals surface area contributed by atoms with Gasteiger partial charge in [-0.05, 0) is 24.6 Å². The molecule has 2 N–H and O–H groups in total. The summed E-state index contributed by atoms with van der Waals surface area (Å²) in [4.78, 5) is 11.9. The lowest BCUT2D eigenvalue weighted by Crippen LogP contribution is -2.36. The summed E-state index contributed by atoms with van der Waals surface area (Å²) in [6.07, 6.45) is 0.